The number of phenolic OH excluding ortho intramolecular Hbond substituents is 1. The molecule has 0 fully saturated rings. The second-order valence-electron chi connectivity index (χ2n) is 4.14. The lowest BCUT2D eigenvalue weighted by molar-refractivity contribution is 0.381. The number of halogens is 7. The number of rotatable bonds is 3. The maximum Gasteiger partial charge on any atom is 0.200 e. The summed E-state index contributed by atoms with van der Waals surface area (Å²) in [5, 5.41) is 13.2. The number of aromatic hydroxyl groups is 1. The third-order valence-electron chi connectivity index (χ3n) is 2.65. The normalized spacial score (nSPS) is 11.3. The molecule has 0 atom stereocenters. The maximum atomic E-state index is 13.4. The standard InChI is InChI=1S/C13H5F5I2N2O/c14-7-8(15)10(17)12(11(18)9(7)16)22-21-3-4-1-5(19)2-6(20)13(4)23/h1-3,22-23H/b21-3+. The van der Waals surface area contributed by atoms with E-state index in [2.05, 4.69) is 5.10 Å². The lowest BCUT2D eigenvalue weighted by Gasteiger charge is -2.07. The van der Waals surface area contributed by atoms with Gasteiger partial charge in [-0.25, -0.2) is 22.0 Å². The molecule has 0 aliphatic carbocycles. The minimum absolute atomic E-state index is 0.131. The zero-order chi connectivity index (χ0) is 17.3. The highest BCUT2D eigenvalue weighted by Gasteiger charge is 2.25. The van der Waals surface area contributed by atoms with Crippen molar-refractivity contribution in [3.05, 3.63) is 53.9 Å². The molecule has 3 nitrogen and oxygen atoms in total. The van der Waals surface area contributed by atoms with E-state index < -0.39 is 34.8 Å². The molecule has 0 aliphatic heterocycles. The SMILES string of the molecule is Oc1c(I)cc(I)cc1/C=N/Nc1c(F)c(F)c(F)c(F)c1F. The van der Waals surface area contributed by atoms with Crippen LogP contribution in [0.3, 0.4) is 0 Å². The number of hydrogen-bond acceptors (Lipinski definition) is 3. The molecule has 23 heavy (non-hydrogen) atoms. The lowest BCUT2D eigenvalue weighted by atomic mass is 10.2. The molecule has 0 aromatic heterocycles. The summed E-state index contributed by atoms with van der Waals surface area (Å²) in [5.41, 5.74) is 0.688. The van der Waals surface area contributed by atoms with Gasteiger partial charge in [-0.1, -0.05) is 0 Å². The molecule has 2 aromatic carbocycles. The van der Waals surface area contributed by atoms with E-state index in [4.69, 9.17) is 0 Å². The Morgan fingerprint density at radius 2 is 1.43 bits per heavy atom. The Hall–Kier alpha value is -1.18. The van der Waals surface area contributed by atoms with Crippen LogP contribution < -0.4 is 5.43 Å². The Kier molecular flexibility index (Phi) is 5.65. The minimum Gasteiger partial charge on any atom is -0.506 e. The maximum absolute atomic E-state index is 13.4. The van der Waals surface area contributed by atoms with Crippen LogP contribution in [0, 0.1) is 36.2 Å². The van der Waals surface area contributed by atoms with Gasteiger partial charge in [-0.2, -0.15) is 5.10 Å². The summed E-state index contributed by atoms with van der Waals surface area (Å²) >= 11 is 3.84. The Balaban J connectivity index is 2.36. The molecule has 0 amide bonds. The van der Waals surface area contributed by atoms with E-state index >= 15 is 0 Å². The van der Waals surface area contributed by atoms with E-state index in [1.165, 1.54) is 6.07 Å². The summed E-state index contributed by atoms with van der Waals surface area (Å²) in [6.07, 6.45) is 0.998. The molecule has 122 valence electrons. The van der Waals surface area contributed by atoms with E-state index in [1.54, 1.807) is 11.5 Å². The summed E-state index contributed by atoms with van der Waals surface area (Å²) in [5.74, 6) is -10.6. The molecular formula is C13H5F5I2N2O. The third-order valence-corrected chi connectivity index (χ3v) is 4.09. The van der Waals surface area contributed by atoms with Crippen LogP contribution in [-0.2, 0) is 0 Å². The Labute approximate surface area is 153 Å². The minimum atomic E-state index is -2.25. The number of phenols is 1. The molecule has 10 heteroatoms. The zero-order valence-electron chi connectivity index (χ0n) is 10.8. The van der Waals surface area contributed by atoms with Gasteiger partial charge in [0.15, 0.2) is 23.3 Å². The first-order valence-electron chi connectivity index (χ1n) is 5.72. The second kappa shape index (κ2) is 7.15. The van der Waals surface area contributed by atoms with Crippen LogP contribution in [0.2, 0.25) is 0 Å². The molecule has 0 aliphatic rings. The fraction of sp³-hybridized carbons (Fsp3) is 0. The monoisotopic (exact) mass is 554 g/mol. The van der Waals surface area contributed by atoms with Crippen molar-refractivity contribution in [1.29, 1.82) is 0 Å². The average molecular weight is 554 g/mol. The van der Waals surface area contributed by atoms with Gasteiger partial charge in [0, 0.05) is 9.13 Å². The highest BCUT2D eigenvalue weighted by Crippen LogP contribution is 2.28. The van der Waals surface area contributed by atoms with Crippen LogP contribution >= 0.6 is 45.2 Å². The molecule has 2 aromatic rings. The first-order valence-corrected chi connectivity index (χ1v) is 7.88. The Morgan fingerprint density at radius 1 is 0.913 bits per heavy atom. The van der Waals surface area contributed by atoms with E-state index in [9.17, 15) is 27.1 Å². The number of hydrazone groups is 1. The van der Waals surface area contributed by atoms with Crippen molar-refractivity contribution in [3.8, 4) is 5.75 Å². The summed E-state index contributed by atoms with van der Waals surface area (Å²) < 4.78 is 67.1. The summed E-state index contributed by atoms with van der Waals surface area (Å²) in [6, 6.07) is 3.19. The number of anilines is 1. The number of nitrogens with one attached hydrogen (secondary N) is 1. The topological polar surface area (TPSA) is 44.6 Å². The van der Waals surface area contributed by atoms with Gasteiger partial charge < -0.3 is 5.11 Å². The van der Waals surface area contributed by atoms with Gasteiger partial charge in [-0.3, -0.25) is 5.43 Å². The van der Waals surface area contributed by atoms with Gasteiger partial charge in [0.1, 0.15) is 11.4 Å². The van der Waals surface area contributed by atoms with Crippen molar-refractivity contribution in [2.24, 2.45) is 5.10 Å². The van der Waals surface area contributed by atoms with E-state index in [1.807, 2.05) is 45.2 Å². The van der Waals surface area contributed by atoms with E-state index in [-0.39, 0.29) is 11.3 Å². The quantitative estimate of drug-likeness (QED) is 0.144. The van der Waals surface area contributed by atoms with Gasteiger partial charge in [-0.15, -0.1) is 0 Å². The fourth-order valence-corrected chi connectivity index (χ4v) is 3.44. The van der Waals surface area contributed by atoms with Crippen molar-refractivity contribution in [2.75, 3.05) is 5.43 Å². The number of nitrogens with zero attached hydrogens (tertiary/aromatic N) is 1. The van der Waals surface area contributed by atoms with Crippen molar-refractivity contribution in [1.82, 2.24) is 0 Å². The van der Waals surface area contributed by atoms with Crippen LogP contribution in [0.5, 0.6) is 5.75 Å². The largest absolute Gasteiger partial charge is 0.506 e. The summed E-state index contributed by atoms with van der Waals surface area (Å²) in [6.45, 7) is 0. The predicted molar refractivity (Wildman–Crippen MR) is 91.0 cm³/mol. The first-order chi connectivity index (χ1) is 10.7. The average Bonchev–Trinajstić information content (AvgIpc) is 2.51. The molecule has 0 heterocycles. The van der Waals surface area contributed by atoms with Crippen molar-refractivity contribution < 1.29 is 27.1 Å². The van der Waals surface area contributed by atoms with Gasteiger partial charge in [-0.05, 0) is 57.3 Å². The zero-order valence-corrected chi connectivity index (χ0v) is 15.1. The van der Waals surface area contributed by atoms with Crippen LogP contribution in [0.25, 0.3) is 0 Å². The number of hydrogen-bond donors (Lipinski definition) is 2. The Bertz CT molecular complexity index is 785. The van der Waals surface area contributed by atoms with Gasteiger partial charge in [0.2, 0.25) is 5.82 Å². The summed E-state index contributed by atoms with van der Waals surface area (Å²) in [4.78, 5) is 0. The highest BCUT2D eigenvalue weighted by molar-refractivity contribution is 14.1. The van der Waals surface area contributed by atoms with Gasteiger partial charge in [0.25, 0.3) is 0 Å². The third kappa shape index (κ3) is 3.67. The van der Waals surface area contributed by atoms with Crippen LogP contribution in [0.15, 0.2) is 17.2 Å². The number of benzene rings is 2. The van der Waals surface area contributed by atoms with Crippen molar-refractivity contribution >= 4 is 57.1 Å². The van der Waals surface area contributed by atoms with Gasteiger partial charge >= 0.3 is 0 Å². The molecular weight excluding hydrogens is 549 g/mol. The molecule has 0 radical (unpaired) electrons. The van der Waals surface area contributed by atoms with Crippen molar-refractivity contribution in [3.63, 3.8) is 0 Å². The predicted octanol–water partition coefficient (Wildman–Crippen LogP) is 4.74. The summed E-state index contributed by atoms with van der Waals surface area (Å²) in [7, 11) is 0. The first kappa shape index (κ1) is 18.2. The molecule has 2 rings (SSSR count). The molecule has 0 saturated carbocycles. The lowest BCUT2D eigenvalue weighted by Crippen LogP contribution is -2.06. The smallest absolute Gasteiger partial charge is 0.200 e. The van der Waals surface area contributed by atoms with Gasteiger partial charge in [0.05, 0.1) is 9.78 Å². The van der Waals surface area contributed by atoms with E-state index in [0.717, 1.165) is 9.78 Å². The van der Waals surface area contributed by atoms with Crippen LogP contribution in [-0.4, -0.2) is 11.3 Å². The van der Waals surface area contributed by atoms with E-state index in [0.29, 0.717) is 3.57 Å². The molecule has 0 bridgehead atoms. The molecule has 0 unspecified atom stereocenters. The molecule has 0 spiro atoms. The molecule has 2 N–H and O–H groups in total. The second-order valence-corrected chi connectivity index (χ2v) is 6.55. The highest BCUT2D eigenvalue weighted by atomic mass is 127. The van der Waals surface area contributed by atoms with Crippen LogP contribution in [0.1, 0.15) is 5.56 Å². The van der Waals surface area contributed by atoms with Crippen molar-refractivity contribution in [2.45, 2.75) is 0 Å². The Morgan fingerprint density at radius 3 is 2.00 bits per heavy atom. The fourth-order valence-electron chi connectivity index (χ4n) is 1.55. The van der Waals surface area contributed by atoms with Crippen LogP contribution in [0.4, 0.5) is 27.6 Å². The molecule has 0 saturated heterocycles.